The van der Waals surface area contributed by atoms with Crippen LogP contribution in [0.1, 0.15) is 13.8 Å². The number of hydrogen-bond acceptors (Lipinski definition) is 5. The molecule has 0 bridgehead atoms. The summed E-state index contributed by atoms with van der Waals surface area (Å²) in [5.74, 6) is 1.42. The molecule has 80 valence electrons. The highest BCUT2D eigenvalue weighted by molar-refractivity contribution is 5.93. The van der Waals surface area contributed by atoms with E-state index >= 15 is 0 Å². The summed E-state index contributed by atoms with van der Waals surface area (Å²) in [6, 6.07) is 0. The lowest BCUT2D eigenvalue weighted by atomic mass is 10.5. The van der Waals surface area contributed by atoms with Gasteiger partial charge in [0.15, 0.2) is 0 Å². The van der Waals surface area contributed by atoms with E-state index < -0.39 is 0 Å². The lowest BCUT2D eigenvalue weighted by molar-refractivity contribution is 0.0563. The Balaban J connectivity index is 2.66. The molecular formula is C8H17N5O. The lowest BCUT2D eigenvalue weighted by Crippen LogP contribution is -2.60. The number of hydrogen-bond donors (Lipinski definition) is 3. The predicted molar refractivity (Wildman–Crippen MR) is 54.9 cm³/mol. The molecule has 0 radical (unpaired) electrons. The SMILES string of the molecule is CCN=C1C=C(OC)NN(NCC)N1. The molecule has 0 aromatic heterocycles. The number of amidine groups is 1. The zero-order valence-corrected chi connectivity index (χ0v) is 8.79. The highest BCUT2D eigenvalue weighted by Gasteiger charge is 2.13. The molecule has 0 saturated carbocycles. The van der Waals surface area contributed by atoms with Crippen molar-refractivity contribution in [3.63, 3.8) is 0 Å². The van der Waals surface area contributed by atoms with E-state index in [1.54, 1.807) is 18.4 Å². The fourth-order valence-electron chi connectivity index (χ4n) is 1.03. The van der Waals surface area contributed by atoms with E-state index in [4.69, 9.17) is 4.74 Å². The third-order valence-electron chi connectivity index (χ3n) is 1.58. The van der Waals surface area contributed by atoms with Crippen molar-refractivity contribution in [1.82, 2.24) is 21.5 Å². The standard InChI is InChI=1S/C8H17N5O/c1-4-9-7-6-8(14-3)12-13(11-7)10-5-2/h6,10,12H,4-5H2,1-3H3,(H,9,11). The van der Waals surface area contributed by atoms with Gasteiger partial charge in [0.1, 0.15) is 5.84 Å². The second-order valence-corrected chi connectivity index (χ2v) is 2.64. The number of rotatable bonds is 4. The van der Waals surface area contributed by atoms with Gasteiger partial charge in [0, 0.05) is 19.2 Å². The summed E-state index contributed by atoms with van der Waals surface area (Å²) in [5.41, 5.74) is 9.03. The molecule has 1 heterocycles. The van der Waals surface area contributed by atoms with Gasteiger partial charge in [0.25, 0.3) is 0 Å². The van der Waals surface area contributed by atoms with E-state index in [0.29, 0.717) is 5.88 Å². The van der Waals surface area contributed by atoms with Crippen LogP contribution in [0.4, 0.5) is 0 Å². The van der Waals surface area contributed by atoms with Crippen molar-refractivity contribution < 1.29 is 4.74 Å². The molecule has 3 N–H and O–H groups in total. The fraction of sp³-hybridized carbons (Fsp3) is 0.625. The molecule has 0 aliphatic carbocycles. The van der Waals surface area contributed by atoms with Crippen molar-refractivity contribution in [2.24, 2.45) is 4.99 Å². The zero-order chi connectivity index (χ0) is 10.4. The summed E-state index contributed by atoms with van der Waals surface area (Å²) in [4.78, 5) is 4.24. The van der Waals surface area contributed by atoms with Gasteiger partial charge in [-0.15, -0.1) is 0 Å². The van der Waals surface area contributed by atoms with Crippen molar-refractivity contribution in [3.05, 3.63) is 12.0 Å². The molecule has 0 saturated heterocycles. The van der Waals surface area contributed by atoms with Crippen LogP contribution in [-0.4, -0.2) is 31.3 Å². The van der Waals surface area contributed by atoms with Crippen LogP contribution in [0.25, 0.3) is 0 Å². The first-order chi connectivity index (χ1) is 6.80. The molecule has 0 aromatic rings. The average Bonchev–Trinajstić information content (AvgIpc) is 2.18. The van der Waals surface area contributed by atoms with Gasteiger partial charge < -0.3 is 4.74 Å². The van der Waals surface area contributed by atoms with E-state index in [9.17, 15) is 0 Å². The van der Waals surface area contributed by atoms with E-state index in [0.717, 1.165) is 18.9 Å². The Bertz CT molecular complexity index is 238. The first-order valence-corrected chi connectivity index (χ1v) is 4.67. The Morgan fingerprint density at radius 1 is 1.50 bits per heavy atom. The summed E-state index contributed by atoms with van der Waals surface area (Å²) in [7, 11) is 1.61. The molecule has 6 heteroatoms. The summed E-state index contributed by atoms with van der Waals surface area (Å²) in [6.45, 7) is 5.52. The van der Waals surface area contributed by atoms with Crippen molar-refractivity contribution in [2.45, 2.75) is 13.8 Å². The third kappa shape index (κ3) is 2.90. The molecular weight excluding hydrogens is 182 g/mol. The van der Waals surface area contributed by atoms with Gasteiger partial charge in [-0.2, -0.15) is 0 Å². The van der Waals surface area contributed by atoms with Crippen molar-refractivity contribution in [3.8, 4) is 0 Å². The van der Waals surface area contributed by atoms with E-state index in [-0.39, 0.29) is 0 Å². The molecule has 1 aliphatic rings. The van der Waals surface area contributed by atoms with Gasteiger partial charge in [-0.05, 0) is 6.92 Å². The van der Waals surface area contributed by atoms with Crippen LogP contribution in [0.15, 0.2) is 17.0 Å². The van der Waals surface area contributed by atoms with Crippen LogP contribution in [0, 0.1) is 0 Å². The monoisotopic (exact) mass is 199 g/mol. The van der Waals surface area contributed by atoms with Crippen molar-refractivity contribution in [1.29, 1.82) is 0 Å². The summed E-state index contributed by atoms with van der Waals surface area (Å²) in [6.07, 6.45) is 1.80. The van der Waals surface area contributed by atoms with Crippen molar-refractivity contribution >= 4 is 5.84 Å². The number of aliphatic imine (C=N–C) groups is 1. The lowest BCUT2D eigenvalue weighted by Gasteiger charge is -2.29. The minimum absolute atomic E-state index is 0.650. The third-order valence-corrected chi connectivity index (χ3v) is 1.58. The first-order valence-electron chi connectivity index (χ1n) is 4.67. The average molecular weight is 199 g/mol. The zero-order valence-electron chi connectivity index (χ0n) is 8.79. The van der Waals surface area contributed by atoms with Crippen molar-refractivity contribution in [2.75, 3.05) is 20.2 Å². The number of nitrogens with one attached hydrogen (secondary N) is 3. The van der Waals surface area contributed by atoms with Crippen LogP contribution in [-0.2, 0) is 4.74 Å². The van der Waals surface area contributed by atoms with Gasteiger partial charge >= 0.3 is 0 Å². The molecule has 1 rings (SSSR count). The highest BCUT2D eigenvalue weighted by Crippen LogP contribution is 1.97. The van der Waals surface area contributed by atoms with Crippen LogP contribution in [0.5, 0.6) is 0 Å². The number of ether oxygens (including phenoxy) is 1. The van der Waals surface area contributed by atoms with Crippen LogP contribution in [0.3, 0.4) is 0 Å². The normalized spacial score (nSPS) is 19.9. The van der Waals surface area contributed by atoms with E-state index in [2.05, 4.69) is 21.3 Å². The maximum atomic E-state index is 5.09. The quantitative estimate of drug-likeness (QED) is 0.582. The number of nitrogens with zero attached hydrogens (tertiary/aromatic N) is 2. The largest absolute Gasteiger partial charge is 0.481 e. The van der Waals surface area contributed by atoms with Gasteiger partial charge in [0.2, 0.25) is 5.88 Å². The Kier molecular flexibility index (Phi) is 4.21. The van der Waals surface area contributed by atoms with Crippen LogP contribution in [0.2, 0.25) is 0 Å². The maximum absolute atomic E-state index is 5.09. The Morgan fingerprint density at radius 2 is 2.29 bits per heavy atom. The van der Waals surface area contributed by atoms with E-state index in [1.165, 1.54) is 0 Å². The van der Waals surface area contributed by atoms with Gasteiger partial charge in [-0.25, -0.2) is 5.43 Å². The smallest absolute Gasteiger partial charge is 0.207 e. The molecule has 0 amide bonds. The highest BCUT2D eigenvalue weighted by atomic mass is 16.5. The fourth-order valence-corrected chi connectivity index (χ4v) is 1.03. The van der Waals surface area contributed by atoms with Crippen LogP contribution >= 0.6 is 0 Å². The first kappa shape index (κ1) is 10.8. The Hall–Kier alpha value is -1.27. The molecule has 0 fully saturated rings. The van der Waals surface area contributed by atoms with Gasteiger partial charge in [-0.1, -0.05) is 12.2 Å². The predicted octanol–water partition coefficient (Wildman–Crippen LogP) is -0.258. The number of hydrazine groups is 3. The van der Waals surface area contributed by atoms with Gasteiger partial charge in [-0.3, -0.25) is 15.8 Å². The van der Waals surface area contributed by atoms with Crippen LogP contribution < -0.4 is 16.3 Å². The maximum Gasteiger partial charge on any atom is 0.207 e. The molecule has 0 spiro atoms. The number of methoxy groups -OCH3 is 1. The molecule has 1 aliphatic heterocycles. The Morgan fingerprint density at radius 3 is 2.86 bits per heavy atom. The molecule has 14 heavy (non-hydrogen) atoms. The molecule has 0 unspecified atom stereocenters. The Labute approximate surface area is 83.9 Å². The molecule has 6 nitrogen and oxygen atoms in total. The molecule has 0 atom stereocenters. The molecule has 0 aromatic carbocycles. The second kappa shape index (κ2) is 5.46. The van der Waals surface area contributed by atoms with E-state index in [1.807, 2.05) is 13.8 Å². The topological polar surface area (TPSA) is 60.9 Å². The second-order valence-electron chi connectivity index (χ2n) is 2.64. The minimum atomic E-state index is 0.650. The van der Waals surface area contributed by atoms with Gasteiger partial charge in [0.05, 0.1) is 7.11 Å². The summed E-state index contributed by atoms with van der Waals surface area (Å²) >= 11 is 0. The summed E-state index contributed by atoms with van der Waals surface area (Å²) < 4.78 is 5.09. The minimum Gasteiger partial charge on any atom is -0.481 e. The summed E-state index contributed by atoms with van der Waals surface area (Å²) in [5, 5.41) is 1.62.